The summed E-state index contributed by atoms with van der Waals surface area (Å²) < 4.78 is 30.6. The van der Waals surface area contributed by atoms with Crippen LogP contribution in [0.25, 0.3) is 0 Å². The summed E-state index contributed by atoms with van der Waals surface area (Å²) >= 11 is 5.21. The van der Waals surface area contributed by atoms with E-state index in [-0.39, 0.29) is 4.90 Å². The smallest absolute Gasteiger partial charge is 0.242 e. The predicted octanol–water partition coefficient (Wildman–Crippen LogP) is 2.06. The first kappa shape index (κ1) is 17.5. The van der Waals surface area contributed by atoms with E-state index in [1.807, 2.05) is 12.1 Å². The topological polar surface area (TPSA) is 74.6 Å². The van der Waals surface area contributed by atoms with Gasteiger partial charge in [-0.05, 0) is 42.5 Å². The summed E-state index contributed by atoms with van der Waals surface area (Å²) in [5.41, 5.74) is 0.614. The Morgan fingerprint density at radius 2 is 2.04 bits per heavy atom. The van der Waals surface area contributed by atoms with E-state index < -0.39 is 10.0 Å². The van der Waals surface area contributed by atoms with Crippen LogP contribution in [0.4, 0.5) is 5.69 Å². The van der Waals surface area contributed by atoms with Crippen molar-refractivity contribution in [2.75, 3.05) is 26.0 Å². The van der Waals surface area contributed by atoms with Crippen molar-refractivity contribution >= 4 is 33.0 Å². The molecular weight excluding hydrogens is 334 g/mol. The van der Waals surface area contributed by atoms with Crippen molar-refractivity contribution < 1.29 is 12.8 Å². The molecule has 0 bridgehead atoms. The molecule has 8 heteroatoms. The van der Waals surface area contributed by atoms with E-state index in [0.29, 0.717) is 23.8 Å². The molecule has 0 saturated carbocycles. The zero-order valence-electron chi connectivity index (χ0n) is 12.9. The summed E-state index contributed by atoms with van der Waals surface area (Å²) in [6.45, 7) is 0.620. The molecule has 0 saturated heterocycles. The van der Waals surface area contributed by atoms with E-state index in [4.69, 9.17) is 16.6 Å². The summed E-state index contributed by atoms with van der Waals surface area (Å²) in [7, 11) is -0.472. The molecule has 0 radical (unpaired) electrons. The van der Waals surface area contributed by atoms with Gasteiger partial charge in [-0.25, -0.2) is 12.7 Å². The van der Waals surface area contributed by atoms with Crippen LogP contribution in [0.1, 0.15) is 5.76 Å². The van der Waals surface area contributed by atoms with Crippen LogP contribution in [0.5, 0.6) is 0 Å². The molecule has 23 heavy (non-hydrogen) atoms. The van der Waals surface area contributed by atoms with Gasteiger partial charge in [0.2, 0.25) is 10.0 Å². The van der Waals surface area contributed by atoms with Gasteiger partial charge >= 0.3 is 0 Å². The fraction of sp³-hybridized carbons (Fsp3) is 0.267. The van der Waals surface area contributed by atoms with E-state index in [0.717, 1.165) is 5.76 Å². The molecular formula is C15H19N3O3S2. The van der Waals surface area contributed by atoms with Crippen LogP contribution in [-0.4, -0.2) is 38.5 Å². The maximum atomic E-state index is 12.1. The number of furan rings is 1. The van der Waals surface area contributed by atoms with Crippen molar-refractivity contribution in [2.45, 2.75) is 11.3 Å². The largest absolute Gasteiger partial charge is 0.469 e. The molecule has 2 aromatic rings. The van der Waals surface area contributed by atoms with E-state index in [1.54, 1.807) is 30.5 Å². The van der Waals surface area contributed by atoms with Crippen LogP contribution < -0.4 is 10.6 Å². The number of hydrogen-bond acceptors (Lipinski definition) is 4. The van der Waals surface area contributed by atoms with Crippen molar-refractivity contribution in [2.24, 2.45) is 0 Å². The quantitative estimate of drug-likeness (QED) is 0.775. The van der Waals surface area contributed by atoms with Crippen LogP contribution in [0, 0.1) is 0 Å². The fourth-order valence-electron chi connectivity index (χ4n) is 1.87. The Balaban J connectivity index is 1.93. The average Bonchev–Trinajstić information content (AvgIpc) is 3.00. The summed E-state index contributed by atoms with van der Waals surface area (Å²) in [5.74, 6) is 0.874. The molecule has 0 aliphatic rings. The Kier molecular flexibility index (Phi) is 5.75. The van der Waals surface area contributed by atoms with Crippen LogP contribution in [0.15, 0.2) is 52.0 Å². The monoisotopic (exact) mass is 353 g/mol. The highest BCUT2D eigenvalue weighted by molar-refractivity contribution is 7.89. The Bertz CT molecular complexity index is 756. The van der Waals surface area contributed by atoms with Crippen molar-refractivity contribution in [3.05, 3.63) is 48.4 Å². The molecule has 0 fully saturated rings. The number of nitrogens with zero attached hydrogens (tertiary/aromatic N) is 1. The van der Waals surface area contributed by atoms with Gasteiger partial charge in [-0.15, -0.1) is 0 Å². The van der Waals surface area contributed by atoms with Crippen LogP contribution in [0.3, 0.4) is 0 Å². The molecule has 0 aliphatic heterocycles. The van der Waals surface area contributed by atoms with Crippen molar-refractivity contribution in [3.63, 3.8) is 0 Å². The lowest BCUT2D eigenvalue weighted by Crippen LogP contribution is -2.30. The summed E-state index contributed by atoms with van der Waals surface area (Å²) in [5, 5.41) is 6.46. The second-order valence-electron chi connectivity index (χ2n) is 5.03. The standard InChI is InChI=1S/C15H19N3O3S2/c1-18(2)23(19,20)14-7-3-5-12(11-14)17-15(22)16-9-8-13-6-4-10-21-13/h3-7,10-11H,8-9H2,1-2H3,(H2,16,17,22). The molecule has 0 aliphatic carbocycles. The average molecular weight is 353 g/mol. The lowest BCUT2D eigenvalue weighted by molar-refractivity contribution is 0.507. The highest BCUT2D eigenvalue weighted by Gasteiger charge is 2.17. The van der Waals surface area contributed by atoms with Gasteiger partial charge in [-0.1, -0.05) is 6.07 Å². The number of hydrogen-bond donors (Lipinski definition) is 2. The zero-order valence-corrected chi connectivity index (χ0v) is 14.6. The minimum atomic E-state index is -3.46. The molecule has 0 unspecified atom stereocenters. The van der Waals surface area contributed by atoms with Crippen molar-refractivity contribution in [1.82, 2.24) is 9.62 Å². The lowest BCUT2D eigenvalue weighted by Gasteiger charge is -2.14. The van der Waals surface area contributed by atoms with Crippen molar-refractivity contribution in [3.8, 4) is 0 Å². The molecule has 0 amide bonds. The predicted molar refractivity (Wildman–Crippen MR) is 94.0 cm³/mol. The maximum Gasteiger partial charge on any atom is 0.242 e. The van der Waals surface area contributed by atoms with Crippen LogP contribution in [0.2, 0.25) is 0 Å². The highest BCUT2D eigenvalue weighted by Crippen LogP contribution is 2.17. The highest BCUT2D eigenvalue weighted by atomic mass is 32.2. The summed E-state index contributed by atoms with van der Waals surface area (Å²) in [4.78, 5) is 0.214. The maximum absolute atomic E-state index is 12.1. The number of nitrogens with one attached hydrogen (secondary N) is 2. The van der Waals surface area contributed by atoms with Gasteiger partial charge in [0.05, 0.1) is 11.2 Å². The molecule has 0 atom stereocenters. The fourth-order valence-corrected chi connectivity index (χ4v) is 3.04. The molecule has 2 rings (SSSR count). The summed E-state index contributed by atoms with van der Waals surface area (Å²) in [6, 6.07) is 10.3. The lowest BCUT2D eigenvalue weighted by atomic mass is 10.3. The minimum absolute atomic E-state index is 0.214. The summed E-state index contributed by atoms with van der Waals surface area (Å²) in [6.07, 6.45) is 2.34. The molecule has 6 nitrogen and oxygen atoms in total. The van der Waals surface area contributed by atoms with Crippen molar-refractivity contribution in [1.29, 1.82) is 0 Å². The Morgan fingerprint density at radius 1 is 1.26 bits per heavy atom. The third-order valence-electron chi connectivity index (χ3n) is 3.11. The Morgan fingerprint density at radius 3 is 2.70 bits per heavy atom. The van der Waals surface area contributed by atoms with E-state index in [9.17, 15) is 8.42 Å². The molecule has 2 N–H and O–H groups in total. The zero-order chi connectivity index (χ0) is 16.9. The first-order chi connectivity index (χ1) is 10.9. The number of benzene rings is 1. The van der Waals surface area contributed by atoms with Gasteiger partial charge < -0.3 is 15.1 Å². The third-order valence-corrected chi connectivity index (χ3v) is 5.17. The number of thiocarbonyl (C=S) groups is 1. The SMILES string of the molecule is CN(C)S(=O)(=O)c1cccc(NC(=S)NCCc2ccco2)c1. The third kappa shape index (κ3) is 4.78. The molecule has 1 aromatic carbocycles. The molecule has 1 aromatic heterocycles. The van der Waals surface area contributed by atoms with Gasteiger partial charge in [0, 0.05) is 32.7 Å². The normalized spacial score (nSPS) is 11.4. The number of sulfonamides is 1. The van der Waals surface area contributed by atoms with Gasteiger partial charge in [-0.2, -0.15) is 0 Å². The molecule has 124 valence electrons. The second-order valence-corrected chi connectivity index (χ2v) is 7.59. The van der Waals surface area contributed by atoms with E-state index in [1.165, 1.54) is 18.4 Å². The van der Waals surface area contributed by atoms with Gasteiger partial charge in [0.25, 0.3) is 0 Å². The molecule has 0 spiro atoms. The first-order valence-corrected chi connectivity index (χ1v) is 8.84. The number of anilines is 1. The van der Waals surface area contributed by atoms with Gasteiger partial charge in [-0.3, -0.25) is 0 Å². The van der Waals surface area contributed by atoms with Gasteiger partial charge in [0.1, 0.15) is 5.76 Å². The Hall–Kier alpha value is -1.90. The first-order valence-electron chi connectivity index (χ1n) is 6.99. The van der Waals surface area contributed by atoms with Crippen LogP contribution >= 0.6 is 12.2 Å². The van der Waals surface area contributed by atoms with Crippen LogP contribution in [-0.2, 0) is 16.4 Å². The van der Waals surface area contributed by atoms with E-state index >= 15 is 0 Å². The van der Waals surface area contributed by atoms with Gasteiger partial charge in [0.15, 0.2) is 5.11 Å². The van der Waals surface area contributed by atoms with E-state index in [2.05, 4.69) is 10.6 Å². The second kappa shape index (κ2) is 7.58. The molecule has 1 heterocycles. The Labute approximate surface area is 141 Å². The number of rotatable bonds is 6. The minimum Gasteiger partial charge on any atom is -0.469 e.